The number of rotatable bonds is 2. The molecule has 5 heteroatoms. The first-order valence-corrected chi connectivity index (χ1v) is 7.01. The van der Waals surface area contributed by atoms with Crippen LogP contribution < -0.4 is 4.90 Å². The second kappa shape index (κ2) is 5.39. The van der Waals surface area contributed by atoms with Crippen LogP contribution in [-0.4, -0.2) is 24.7 Å². The fraction of sp³-hybridized carbons (Fsp3) is 0.286. The van der Waals surface area contributed by atoms with Gasteiger partial charge in [0, 0.05) is 18.0 Å². The molecule has 0 radical (unpaired) electrons. The highest BCUT2D eigenvalue weighted by molar-refractivity contribution is 7.10. The minimum atomic E-state index is 0.129. The Kier molecular flexibility index (Phi) is 3.45. The minimum Gasteiger partial charge on any atom is -0.369 e. The Balaban J connectivity index is 1.76. The number of thiophene rings is 1. The minimum absolute atomic E-state index is 0.129. The summed E-state index contributed by atoms with van der Waals surface area (Å²) in [5, 5.41) is 10.8. The van der Waals surface area contributed by atoms with E-state index in [9.17, 15) is 0 Å². The van der Waals surface area contributed by atoms with Gasteiger partial charge in [0.05, 0.1) is 18.5 Å². The maximum absolute atomic E-state index is 8.76. The Morgan fingerprint density at radius 1 is 1.42 bits per heavy atom. The van der Waals surface area contributed by atoms with E-state index in [2.05, 4.69) is 21.3 Å². The summed E-state index contributed by atoms with van der Waals surface area (Å²) < 4.78 is 5.81. The van der Waals surface area contributed by atoms with Gasteiger partial charge in [0.2, 0.25) is 0 Å². The molecule has 19 heavy (non-hydrogen) atoms. The van der Waals surface area contributed by atoms with Gasteiger partial charge in [0.1, 0.15) is 17.9 Å². The van der Waals surface area contributed by atoms with Crippen LogP contribution in [-0.2, 0) is 4.74 Å². The van der Waals surface area contributed by atoms with Crippen LogP contribution in [0.2, 0.25) is 0 Å². The van der Waals surface area contributed by atoms with Crippen molar-refractivity contribution in [1.29, 1.82) is 5.26 Å². The number of aromatic nitrogens is 1. The van der Waals surface area contributed by atoms with Crippen molar-refractivity contribution in [3.63, 3.8) is 0 Å². The zero-order chi connectivity index (χ0) is 13.1. The van der Waals surface area contributed by atoms with Gasteiger partial charge in [-0.2, -0.15) is 5.26 Å². The normalized spacial score (nSPS) is 19.1. The van der Waals surface area contributed by atoms with Crippen molar-refractivity contribution in [3.8, 4) is 6.07 Å². The van der Waals surface area contributed by atoms with Crippen LogP contribution in [0.5, 0.6) is 0 Å². The average molecular weight is 271 g/mol. The summed E-state index contributed by atoms with van der Waals surface area (Å²) in [6.45, 7) is 2.39. The van der Waals surface area contributed by atoms with Crippen molar-refractivity contribution in [2.24, 2.45) is 0 Å². The number of anilines is 1. The molecule has 0 saturated carbocycles. The second-order valence-corrected chi connectivity index (χ2v) is 5.31. The zero-order valence-electron chi connectivity index (χ0n) is 10.3. The summed E-state index contributed by atoms with van der Waals surface area (Å²) in [6, 6.07) is 9.89. The molecule has 1 saturated heterocycles. The maximum atomic E-state index is 8.76. The van der Waals surface area contributed by atoms with E-state index in [1.165, 1.54) is 4.88 Å². The van der Waals surface area contributed by atoms with E-state index in [0.29, 0.717) is 12.3 Å². The number of hydrogen-bond donors (Lipinski definition) is 0. The van der Waals surface area contributed by atoms with Crippen LogP contribution in [0.15, 0.2) is 35.8 Å². The molecular weight excluding hydrogens is 258 g/mol. The van der Waals surface area contributed by atoms with Gasteiger partial charge in [-0.05, 0) is 23.6 Å². The predicted octanol–water partition coefficient (Wildman–Crippen LogP) is 2.59. The highest BCUT2D eigenvalue weighted by Crippen LogP contribution is 2.28. The molecule has 0 N–H and O–H groups in total. The van der Waals surface area contributed by atoms with Gasteiger partial charge in [0.15, 0.2) is 0 Å². The lowest BCUT2D eigenvalue weighted by Crippen LogP contribution is -2.38. The van der Waals surface area contributed by atoms with Crippen LogP contribution in [0.4, 0.5) is 5.69 Å². The Labute approximate surface area is 115 Å². The quantitative estimate of drug-likeness (QED) is 0.842. The molecule has 1 aliphatic heterocycles. The van der Waals surface area contributed by atoms with E-state index in [-0.39, 0.29) is 6.10 Å². The molecule has 0 spiro atoms. The standard InChI is InChI=1S/C14H13N3OS/c15-8-11-3-4-12(9-16-11)17-5-6-18-13(10-17)14-2-1-7-19-14/h1-4,7,9,13H,5-6,10H2. The van der Waals surface area contributed by atoms with E-state index in [1.54, 1.807) is 23.6 Å². The molecular formula is C14H13N3OS. The summed E-state index contributed by atoms with van der Waals surface area (Å²) in [7, 11) is 0. The molecule has 1 unspecified atom stereocenters. The summed E-state index contributed by atoms with van der Waals surface area (Å²) in [5.74, 6) is 0. The molecule has 96 valence electrons. The molecule has 0 bridgehead atoms. The Hall–Kier alpha value is -1.90. The van der Waals surface area contributed by atoms with Crippen LogP contribution in [0, 0.1) is 11.3 Å². The SMILES string of the molecule is N#Cc1ccc(N2CCOC(c3cccs3)C2)cn1. The Morgan fingerprint density at radius 2 is 2.37 bits per heavy atom. The number of nitrogens with zero attached hydrogens (tertiary/aromatic N) is 3. The van der Waals surface area contributed by atoms with E-state index >= 15 is 0 Å². The summed E-state index contributed by atoms with van der Waals surface area (Å²) in [6.07, 6.45) is 1.89. The third kappa shape index (κ3) is 2.60. The molecule has 0 amide bonds. The van der Waals surface area contributed by atoms with Crippen LogP contribution >= 0.6 is 11.3 Å². The summed E-state index contributed by atoms with van der Waals surface area (Å²) in [5.41, 5.74) is 1.50. The zero-order valence-corrected chi connectivity index (χ0v) is 11.1. The molecule has 0 aliphatic carbocycles. The average Bonchev–Trinajstić information content (AvgIpc) is 3.02. The lowest BCUT2D eigenvalue weighted by atomic mass is 10.2. The van der Waals surface area contributed by atoms with Gasteiger partial charge in [-0.3, -0.25) is 0 Å². The number of morpholine rings is 1. The highest BCUT2D eigenvalue weighted by Gasteiger charge is 2.22. The number of ether oxygens (including phenoxy) is 1. The first-order chi connectivity index (χ1) is 9.36. The van der Waals surface area contributed by atoms with Crippen molar-refractivity contribution >= 4 is 17.0 Å². The fourth-order valence-electron chi connectivity index (χ4n) is 2.17. The predicted molar refractivity (Wildman–Crippen MR) is 74.2 cm³/mol. The van der Waals surface area contributed by atoms with Gasteiger partial charge in [0.25, 0.3) is 0 Å². The fourth-order valence-corrected chi connectivity index (χ4v) is 2.94. The van der Waals surface area contributed by atoms with E-state index in [1.807, 2.05) is 18.2 Å². The number of hydrogen-bond acceptors (Lipinski definition) is 5. The van der Waals surface area contributed by atoms with Crippen molar-refractivity contribution in [3.05, 3.63) is 46.4 Å². The van der Waals surface area contributed by atoms with E-state index in [4.69, 9.17) is 10.00 Å². The van der Waals surface area contributed by atoms with Crippen LogP contribution in [0.25, 0.3) is 0 Å². The molecule has 4 nitrogen and oxygen atoms in total. The van der Waals surface area contributed by atoms with E-state index in [0.717, 1.165) is 18.8 Å². The molecule has 1 atom stereocenters. The summed E-state index contributed by atoms with van der Waals surface area (Å²) >= 11 is 1.72. The van der Waals surface area contributed by atoms with Crippen LogP contribution in [0.1, 0.15) is 16.7 Å². The third-order valence-electron chi connectivity index (χ3n) is 3.15. The van der Waals surface area contributed by atoms with Gasteiger partial charge in [-0.15, -0.1) is 11.3 Å². The van der Waals surface area contributed by atoms with Gasteiger partial charge < -0.3 is 9.64 Å². The lowest BCUT2D eigenvalue weighted by Gasteiger charge is -2.33. The molecule has 3 heterocycles. The van der Waals surface area contributed by atoms with E-state index < -0.39 is 0 Å². The lowest BCUT2D eigenvalue weighted by molar-refractivity contribution is 0.0421. The largest absolute Gasteiger partial charge is 0.369 e. The smallest absolute Gasteiger partial charge is 0.140 e. The Bertz CT molecular complexity index is 574. The molecule has 1 aliphatic rings. The van der Waals surface area contributed by atoms with Gasteiger partial charge in [-0.25, -0.2) is 4.98 Å². The molecule has 1 fully saturated rings. The van der Waals surface area contributed by atoms with Crippen molar-refractivity contribution in [1.82, 2.24) is 4.98 Å². The molecule has 0 aromatic carbocycles. The van der Waals surface area contributed by atoms with Gasteiger partial charge >= 0.3 is 0 Å². The topological polar surface area (TPSA) is 49.2 Å². The third-order valence-corrected chi connectivity index (χ3v) is 4.12. The first kappa shape index (κ1) is 12.2. The molecule has 2 aromatic heterocycles. The second-order valence-electron chi connectivity index (χ2n) is 4.33. The van der Waals surface area contributed by atoms with Crippen LogP contribution in [0.3, 0.4) is 0 Å². The van der Waals surface area contributed by atoms with Crippen molar-refractivity contribution in [2.75, 3.05) is 24.6 Å². The monoisotopic (exact) mass is 271 g/mol. The highest BCUT2D eigenvalue weighted by atomic mass is 32.1. The first-order valence-electron chi connectivity index (χ1n) is 6.13. The number of pyridine rings is 1. The van der Waals surface area contributed by atoms with Crippen molar-refractivity contribution in [2.45, 2.75) is 6.10 Å². The van der Waals surface area contributed by atoms with Crippen molar-refractivity contribution < 1.29 is 4.74 Å². The molecule has 2 aromatic rings. The number of nitriles is 1. The Morgan fingerprint density at radius 3 is 3.05 bits per heavy atom. The molecule has 3 rings (SSSR count). The van der Waals surface area contributed by atoms with Gasteiger partial charge in [-0.1, -0.05) is 6.07 Å². The summed E-state index contributed by atoms with van der Waals surface area (Å²) in [4.78, 5) is 7.63. The maximum Gasteiger partial charge on any atom is 0.140 e.